The summed E-state index contributed by atoms with van der Waals surface area (Å²) >= 11 is 0. The van der Waals surface area contributed by atoms with E-state index < -0.39 is 0 Å². The molecule has 0 unspecified atom stereocenters. The minimum atomic E-state index is -0.146. The van der Waals surface area contributed by atoms with Crippen LogP contribution in [0.1, 0.15) is 18.1 Å². The lowest BCUT2D eigenvalue weighted by Gasteiger charge is -2.21. The lowest BCUT2D eigenvalue weighted by molar-refractivity contribution is -0.127. The van der Waals surface area contributed by atoms with Crippen molar-refractivity contribution in [3.63, 3.8) is 0 Å². The fraction of sp³-hybridized carbons (Fsp3) is 0.273. The van der Waals surface area contributed by atoms with Crippen molar-refractivity contribution in [1.29, 1.82) is 0 Å². The predicted octanol–water partition coefficient (Wildman–Crippen LogP) is 2.88. The van der Waals surface area contributed by atoms with Crippen molar-refractivity contribution < 1.29 is 19.1 Å². The molecule has 0 aromatic heterocycles. The Balaban J connectivity index is 2.14. The standard InChI is InChI=1S/C22H26N2O4/c1-17(25)23-13-14-24(16-18-7-5-4-6-8-18)22(26)12-10-19-9-11-20(27-2)15-21(19)28-3/h4-12,15H,13-14,16H2,1-3H3,(H,23,25)/b12-10-. The molecule has 0 bridgehead atoms. The van der Waals surface area contributed by atoms with E-state index in [1.807, 2.05) is 42.5 Å². The molecule has 2 aromatic rings. The van der Waals surface area contributed by atoms with Gasteiger partial charge in [-0.3, -0.25) is 9.59 Å². The maximum atomic E-state index is 12.8. The van der Waals surface area contributed by atoms with Crippen molar-refractivity contribution in [3.8, 4) is 11.5 Å². The van der Waals surface area contributed by atoms with Gasteiger partial charge in [-0.25, -0.2) is 0 Å². The van der Waals surface area contributed by atoms with Crippen LogP contribution in [0.4, 0.5) is 0 Å². The van der Waals surface area contributed by atoms with Gasteiger partial charge in [-0.1, -0.05) is 30.3 Å². The molecule has 0 radical (unpaired) electrons. The number of nitrogens with one attached hydrogen (secondary N) is 1. The van der Waals surface area contributed by atoms with Gasteiger partial charge >= 0.3 is 0 Å². The number of nitrogens with zero attached hydrogens (tertiary/aromatic N) is 1. The zero-order valence-electron chi connectivity index (χ0n) is 16.5. The fourth-order valence-corrected chi connectivity index (χ4v) is 2.66. The smallest absolute Gasteiger partial charge is 0.246 e. The summed E-state index contributed by atoms with van der Waals surface area (Å²) in [5, 5.41) is 2.73. The van der Waals surface area contributed by atoms with Gasteiger partial charge in [0.05, 0.1) is 14.2 Å². The molecule has 0 aliphatic heterocycles. The first-order valence-corrected chi connectivity index (χ1v) is 9.01. The van der Waals surface area contributed by atoms with E-state index in [-0.39, 0.29) is 11.8 Å². The second-order valence-electron chi connectivity index (χ2n) is 6.17. The number of rotatable bonds is 9. The molecule has 28 heavy (non-hydrogen) atoms. The first-order valence-electron chi connectivity index (χ1n) is 9.01. The van der Waals surface area contributed by atoms with Gasteiger partial charge in [0.1, 0.15) is 11.5 Å². The molecule has 0 aliphatic rings. The number of amides is 2. The highest BCUT2D eigenvalue weighted by atomic mass is 16.5. The van der Waals surface area contributed by atoms with Crippen LogP contribution in [0.3, 0.4) is 0 Å². The molecule has 1 N–H and O–H groups in total. The Bertz CT molecular complexity index is 819. The minimum absolute atomic E-state index is 0.120. The van der Waals surface area contributed by atoms with Gasteiger partial charge in [-0.15, -0.1) is 0 Å². The molecule has 0 atom stereocenters. The minimum Gasteiger partial charge on any atom is -0.497 e. The Labute approximate surface area is 165 Å². The summed E-state index contributed by atoms with van der Waals surface area (Å²) in [4.78, 5) is 25.6. The number of ether oxygens (including phenoxy) is 2. The lowest BCUT2D eigenvalue weighted by Crippen LogP contribution is -2.36. The average molecular weight is 382 g/mol. The zero-order valence-corrected chi connectivity index (χ0v) is 16.5. The quantitative estimate of drug-likeness (QED) is 0.677. The first kappa shape index (κ1) is 21.0. The van der Waals surface area contributed by atoms with Crippen LogP contribution < -0.4 is 14.8 Å². The van der Waals surface area contributed by atoms with Gasteiger partial charge in [0, 0.05) is 44.3 Å². The van der Waals surface area contributed by atoms with E-state index in [2.05, 4.69) is 5.32 Å². The Morgan fingerprint density at radius 1 is 1.07 bits per heavy atom. The van der Waals surface area contributed by atoms with Crippen molar-refractivity contribution in [1.82, 2.24) is 10.2 Å². The fourth-order valence-electron chi connectivity index (χ4n) is 2.66. The van der Waals surface area contributed by atoms with Crippen LogP contribution in [0.25, 0.3) is 6.08 Å². The van der Waals surface area contributed by atoms with Gasteiger partial charge in [0.2, 0.25) is 11.8 Å². The Kier molecular flexibility index (Phi) is 8.09. The molecule has 0 aliphatic carbocycles. The number of carbonyl (C=O) groups excluding carboxylic acids is 2. The predicted molar refractivity (Wildman–Crippen MR) is 109 cm³/mol. The van der Waals surface area contributed by atoms with Gasteiger partial charge in [-0.2, -0.15) is 0 Å². The molecule has 148 valence electrons. The van der Waals surface area contributed by atoms with Gasteiger partial charge in [0.25, 0.3) is 0 Å². The summed E-state index contributed by atoms with van der Waals surface area (Å²) < 4.78 is 10.6. The molecule has 2 amide bonds. The number of hydrogen-bond donors (Lipinski definition) is 1. The summed E-state index contributed by atoms with van der Waals surface area (Å²) in [7, 11) is 3.16. The Hall–Kier alpha value is -3.28. The van der Waals surface area contributed by atoms with E-state index in [0.717, 1.165) is 11.1 Å². The van der Waals surface area contributed by atoms with Crippen molar-refractivity contribution in [2.45, 2.75) is 13.5 Å². The molecular weight excluding hydrogens is 356 g/mol. The first-order chi connectivity index (χ1) is 13.5. The van der Waals surface area contributed by atoms with Gasteiger partial charge < -0.3 is 19.7 Å². The van der Waals surface area contributed by atoms with Crippen LogP contribution in [0, 0.1) is 0 Å². The van der Waals surface area contributed by atoms with Crippen LogP contribution in [-0.4, -0.2) is 44.0 Å². The van der Waals surface area contributed by atoms with Crippen molar-refractivity contribution in [2.75, 3.05) is 27.3 Å². The van der Waals surface area contributed by atoms with Crippen LogP contribution in [-0.2, 0) is 16.1 Å². The van der Waals surface area contributed by atoms with E-state index in [1.165, 1.54) is 13.0 Å². The molecule has 2 aromatic carbocycles. The third-order valence-corrected chi connectivity index (χ3v) is 4.13. The van der Waals surface area contributed by atoms with Crippen LogP contribution in [0.15, 0.2) is 54.6 Å². The number of hydrogen-bond acceptors (Lipinski definition) is 4. The van der Waals surface area contributed by atoms with Crippen LogP contribution in [0.2, 0.25) is 0 Å². The average Bonchev–Trinajstić information content (AvgIpc) is 2.71. The summed E-state index contributed by atoms with van der Waals surface area (Å²) in [6.07, 6.45) is 3.23. The van der Waals surface area contributed by atoms with Gasteiger partial charge in [0.15, 0.2) is 0 Å². The van der Waals surface area contributed by atoms with Crippen molar-refractivity contribution >= 4 is 17.9 Å². The molecule has 0 saturated heterocycles. The molecule has 0 saturated carbocycles. The van der Waals surface area contributed by atoms with Crippen molar-refractivity contribution in [3.05, 3.63) is 65.7 Å². The van der Waals surface area contributed by atoms with E-state index in [9.17, 15) is 9.59 Å². The highest BCUT2D eigenvalue weighted by molar-refractivity contribution is 5.92. The molecule has 6 heteroatoms. The largest absolute Gasteiger partial charge is 0.497 e. The second kappa shape index (κ2) is 10.8. The molecule has 6 nitrogen and oxygen atoms in total. The SMILES string of the molecule is COc1ccc(/C=C\C(=O)N(CCNC(C)=O)Cc2ccccc2)c(OC)c1. The number of methoxy groups -OCH3 is 2. The molecule has 2 rings (SSSR count). The summed E-state index contributed by atoms with van der Waals surface area (Å²) in [6, 6.07) is 15.1. The maximum Gasteiger partial charge on any atom is 0.246 e. The molecule has 0 fully saturated rings. The Morgan fingerprint density at radius 3 is 2.46 bits per heavy atom. The third-order valence-electron chi connectivity index (χ3n) is 4.13. The van der Waals surface area contributed by atoms with Gasteiger partial charge in [-0.05, 0) is 23.8 Å². The lowest BCUT2D eigenvalue weighted by atomic mass is 10.1. The molecular formula is C22H26N2O4. The van der Waals surface area contributed by atoms with E-state index >= 15 is 0 Å². The second-order valence-corrected chi connectivity index (χ2v) is 6.17. The van der Waals surface area contributed by atoms with E-state index in [4.69, 9.17) is 9.47 Å². The zero-order chi connectivity index (χ0) is 20.4. The highest BCUT2D eigenvalue weighted by Gasteiger charge is 2.12. The van der Waals surface area contributed by atoms with Crippen LogP contribution in [0.5, 0.6) is 11.5 Å². The normalized spacial score (nSPS) is 10.5. The topological polar surface area (TPSA) is 67.9 Å². The molecule has 0 heterocycles. The number of carbonyl (C=O) groups is 2. The maximum absolute atomic E-state index is 12.8. The van der Waals surface area contributed by atoms with E-state index in [1.54, 1.807) is 31.3 Å². The third kappa shape index (κ3) is 6.46. The summed E-state index contributed by atoms with van der Waals surface area (Å²) in [5.74, 6) is 1.04. The number of benzene rings is 2. The highest BCUT2D eigenvalue weighted by Crippen LogP contribution is 2.25. The van der Waals surface area contributed by atoms with E-state index in [0.29, 0.717) is 31.1 Å². The van der Waals surface area contributed by atoms with Crippen molar-refractivity contribution in [2.24, 2.45) is 0 Å². The Morgan fingerprint density at radius 2 is 1.82 bits per heavy atom. The summed E-state index contributed by atoms with van der Waals surface area (Å²) in [6.45, 7) is 2.73. The molecule has 0 spiro atoms. The monoisotopic (exact) mass is 382 g/mol. The summed E-state index contributed by atoms with van der Waals surface area (Å²) in [5.41, 5.74) is 1.80. The van der Waals surface area contributed by atoms with Crippen LogP contribution >= 0.6 is 0 Å².